The first-order valence-electron chi connectivity index (χ1n) is 4.77. The standard InChI is InChI=1S/C11H15NO2/c1-14-9-3-2-8-4-5-11(12,7-13)10(8)6-9/h2-3,6,13H,4-5,7,12H2,1H3. The maximum Gasteiger partial charge on any atom is 0.119 e. The Hall–Kier alpha value is -1.06. The number of methoxy groups -OCH3 is 1. The third-order valence-electron chi connectivity index (χ3n) is 2.98. The molecule has 0 radical (unpaired) electrons. The van der Waals surface area contributed by atoms with Crippen LogP contribution >= 0.6 is 0 Å². The highest BCUT2D eigenvalue weighted by molar-refractivity contribution is 5.43. The summed E-state index contributed by atoms with van der Waals surface area (Å²) in [6, 6.07) is 5.89. The molecule has 0 fully saturated rings. The van der Waals surface area contributed by atoms with Crippen LogP contribution in [0.2, 0.25) is 0 Å². The molecule has 1 aliphatic rings. The van der Waals surface area contributed by atoms with Gasteiger partial charge < -0.3 is 15.6 Å². The first kappa shape index (κ1) is 9.49. The molecule has 1 atom stereocenters. The van der Waals surface area contributed by atoms with Gasteiger partial charge in [0.2, 0.25) is 0 Å². The molecule has 2 rings (SSSR count). The molecular formula is C11H15NO2. The predicted octanol–water partition coefficient (Wildman–Crippen LogP) is 0.788. The summed E-state index contributed by atoms with van der Waals surface area (Å²) in [5.74, 6) is 0.800. The van der Waals surface area contributed by atoms with Crippen molar-refractivity contribution in [3.05, 3.63) is 29.3 Å². The average molecular weight is 193 g/mol. The molecule has 3 nitrogen and oxygen atoms in total. The zero-order valence-electron chi connectivity index (χ0n) is 8.29. The van der Waals surface area contributed by atoms with E-state index in [-0.39, 0.29) is 6.61 Å². The van der Waals surface area contributed by atoms with Gasteiger partial charge in [-0.1, -0.05) is 6.07 Å². The van der Waals surface area contributed by atoms with Crippen LogP contribution in [0.15, 0.2) is 18.2 Å². The summed E-state index contributed by atoms with van der Waals surface area (Å²) in [4.78, 5) is 0. The minimum Gasteiger partial charge on any atom is -0.497 e. The van der Waals surface area contributed by atoms with Gasteiger partial charge in [0.1, 0.15) is 5.75 Å². The maximum atomic E-state index is 9.27. The average Bonchev–Trinajstić information content (AvgIpc) is 2.57. The Bertz CT molecular complexity index is 351. The second kappa shape index (κ2) is 3.26. The third-order valence-corrected chi connectivity index (χ3v) is 2.98. The first-order chi connectivity index (χ1) is 6.69. The summed E-state index contributed by atoms with van der Waals surface area (Å²) in [6.07, 6.45) is 1.75. The highest BCUT2D eigenvalue weighted by Gasteiger charge is 2.34. The molecule has 76 valence electrons. The highest BCUT2D eigenvalue weighted by atomic mass is 16.5. The van der Waals surface area contributed by atoms with Crippen molar-refractivity contribution in [2.75, 3.05) is 13.7 Å². The van der Waals surface area contributed by atoms with Crippen LogP contribution in [0.4, 0.5) is 0 Å². The zero-order valence-corrected chi connectivity index (χ0v) is 8.29. The molecule has 0 heterocycles. The topological polar surface area (TPSA) is 55.5 Å². The van der Waals surface area contributed by atoms with E-state index >= 15 is 0 Å². The molecule has 1 aromatic rings. The van der Waals surface area contributed by atoms with E-state index in [1.165, 1.54) is 5.56 Å². The quantitative estimate of drug-likeness (QED) is 0.730. The van der Waals surface area contributed by atoms with E-state index in [0.717, 1.165) is 24.2 Å². The van der Waals surface area contributed by atoms with E-state index in [1.807, 2.05) is 18.2 Å². The van der Waals surface area contributed by atoms with Crippen molar-refractivity contribution in [2.45, 2.75) is 18.4 Å². The van der Waals surface area contributed by atoms with Crippen LogP contribution in [-0.2, 0) is 12.0 Å². The van der Waals surface area contributed by atoms with Crippen molar-refractivity contribution in [1.82, 2.24) is 0 Å². The fourth-order valence-electron chi connectivity index (χ4n) is 2.02. The number of fused-ring (bicyclic) bond motifs is 1. The van der Waals surface area contributed by atoms with Crippen LogP contribution < -0.4 is 10.5 Å². The minimum atomic E-state index is -0.566. The summed E-state index contributed by atoms with van der Waals surface area (Å²) in [5.41, 5.74) is 7.77. The Kier molecular flexibility index (Phi) is 2.21. The van der Waals surface area contributed by atoms with Crippen LogP contribution in [0, 0.1) is 0 Å². The molecule has 0 saturated heterocycles. The van der Waals surface area contributed by atoms with E-state index in [1.54, 1.807) is 7.11 Å². The van der Waals surface area contributed by atoms with Gasteiger partial charge in [-0.25, -0.2) is 0 Å². The van der Waals surface area contributed by atoms with Gasteiger partial charge in [-0.3, -0.25) is 0 Å². The molecule has 0 bridgehead atoms. The number of aliphatic hydroxyl groups is 1. The molecular weight excluding hydrogens is 178 g/mol. The van der Waals surface area contributed by atoms with Gasteiger partial charge in [-0.05, 0) is 36.1 Å². The smallest absolute Gasteiger partial charge is 0.119 e. The van der Waals surface area contributed by atoms with Crippen LogP contribution in [0.5, 0.6) is 5.75 Å². The summed E-state index contributed by atoms with van der Waals surface area (Å²) in [6.45, 7) is -0.00678. The van der Waals surface area contributed by atoms with E-state index < -0.39 is 5.54 Å². The summed E-state index contributed by atoms with van der Waals surface area (Å²) in [5, 5.41) is 9.27. The Labute approximate surface area is 83.5 Å². The molecule has 0 saturated carbocycles. The van der Waals surface area contributed by atoms with Crippen molar-refractivity contribution in [2.24, 2.45) is 5.73 Å². The number of ether oxygens (including phenoxy) is 1. The molecule has 0 aliphatic heterocycles. The van der Waals surface area contributed by atoms with Gasteiger partial charge in [0, 0.05) is 0 Å². The number of hydrogen-bond donors (Lipinski definition) is 2. The molecule has 1 aliphatic carbocycles. The largest absolute Gasteiger partial charge is 0.497 e. The van der Waals surface area contributed by atoms with Crippen LogP contribution in [0.25, 0.3) is 0 Å². The third kappa shape index (κ3) is 1.29. The van der Waals surface area contributed by atoms with Crippen molar-refractivity contribution in [1.29, 1.82) is 0 Å². The number of aliphatic hydroxyl groups excluding tert-OH is 1. The lowest BCUT2D eigenvalue weighted by molar-refractivity contribution is 0.196. The van der Waals surface area contributed by atoms with Gasteiger partial charge in [0.15, 0.2) is 0 Å². The SMILES string of the molecule is COc1ccc2c(c1)C(N)(CO)CC2. The van der Waals surface area contributed by atoms with Crippen molar-refractivity contribution >= 4 is 0 Å². The molecule has 1 aromatic carbocycles. The number of benzene rings is 1. The molecule has 14 heavy (non-hydrogen) atoms. The number of nitrogens with two attached hydrogens (primary N) is 1. The highest BCUT2D eigenvalue weighted by Crippen LogP contribution is 2.36. The lowest BCUT2D eigenvalue weighted by Crippen LogP contribution is -2.37. The molecule has 1 unspecified atom stereocenters. The second-order valence-corrected chi connectivity index (χ2v) is 3.84. The minimum absolute atomic E-state index is 0.00678. The van der Waals surface area contributed by atoms with Gasteiger partial charge in [-0.15, -0.1) is 0 Å². The fraction of sp³-hybridized carbons (Fsp3) is 0.455. The summed E-state index contributed by atoms with van der Waals surface area (Å²) in [7, 11) is 1.63. The van der Waals surface area contributed by atoms with Crippen molar-refractivity contribution in [3.63, 3.8) is 0 Å². The Balaban J connectivity index is 2.47. The van der Waals surface area contributed by atoms with Gasteiger partial charge in [0.05, 0.1) is 19.3 Å². The Morgan fingerprint density at radius 2 is 2.36 bits per heavy atom. The van der Waals surface area contributed by atoms with E-state index in [4.69, 9.17) is 10.5 Å². The zero-order chi connectivity index (χ0) is 10.2. The molecule has 0 spiro atoms. The van der Waals surface area contributed by atoms with Crippen LogP contribution in [-0.4, -0.2) is 18.8 Å². The predicted molar refractivity (Wildman–Crippen MR) is 54.3 cm³/mol. The second-order valence-electron chi connectivity index (χ2n) is 3.84. The van der Waals surface area contributed by atoms with Crippen LogP contribution in [0.1, 0.15) is 17.5 Å². The number of aryl methyl sites for hydroxylation is 1. The normalized spacial score (nSPS) is 24.8. The van der Waals surface area contributed by atoms with Crippen molar-refractivity contribution < 1.29 is 9.84 Å². The van der Waals surface area contributed by atoms with Crippen LogP contribution in [0.3, 0.4) is 0 Å². The first-order valence-corrected chi connectivity index (χ1v) is 4.77. The van der Waals surface area contributed by atoms with Gasteiger partial charge in [0.25, 0.3) is 0 Å². The van der Waals surface area contributed by atoms with E-state index in [2.05, 4.69) is 0 Å². The molecule has 0 aromatic heterocycles. The van der Waals surface area contributed by atoms with Crippen molar-refractivity contribution in [3.8, 4) is 5.75 Å². The van der Waals surface area contributed by atoms with Gasteiger partial charge >= 0.3 is 0 Å². The van der Waals surface area contributed by atoms with Gasteiger partial charge in [-0.2, -0.15) is 0 Å². The van der Waals surface area contributed by atoms with E-state index in [0.29, 0.717) is 0 Å². The lowest BCUT2D eigenvalue weighted by Gasteiger charge is -2.22. The molecule has 0 amide bonds. The van der Waals surface area contributed by atoms with E-state index in [9.17, 15) is 5.11 Å². The summed E-state index contributed by atoms with van der Waals surface area (Å²) >= 11 is 0. The fourth-order valence-corrected chi connectivity index (χ4v) is 2.02. The monoisotopic (exact) mass is 193 g/mol. The molecule has 3 N–H and O–H groups in total. The number of hydrogen-bond acceptors (Lipinski definition) is 3. The Morgan fingerprint density at radius 1 is 1.57 bits per heavy atom. The lowest BCUT2D eigenvalue weighted by atomic mass is 9.94. The number of rotatable bonds is 2. The Morgan fingerprint density at radius 3 is 3.00 bits per heavy atom. The maximum absolute atomic E-state index is 9.27. The summed E-state index contributed by atoms with van der Waals surface area (Å²) < 4.78 is 5.14. The molecule has 3 heteroatoms.